The van der Waals surface area contributed by atoms with E-state index in [-0.39, 0.29) is 6.61 Å². The molecule has 1 aromatic rings. The van der Waals surface area contributed by atoms with Gasteiger partial charge in [0.2, 0.25) is 0 Å². The summed E-state index contributed by atoms with van der Waals surface area (Å²) >= 11 is 1.91. The van der Waals surface area contributed by atoms with E-state index in [1.165, 1.54) is 5.56 Å². The Morgan fingerprint density at radius 1 is 1.25 bits per heavy atom. The summed E-state index contributed by atoms with van der Waals surface area (Å²) in [5.74, 6) is 2.22. The van der Waals surface area contributed by atoms with E-state index in [2.05, 4.69) is 38.2 Å². The van der Waals surface area contributed by atoms with Crippen LogP contribution < -0.4 is 10.1 Å². The number of hydrogen-bond acceptors (Lipinski definition) is 4. The Kier molecular flexibility index (Phi) is 8.04. The molecule has 0 aliphatic carbocycles. The van der Waals surface area contributed by atoms with Gasteiger partial charge in [-0.15, -0.1) is 0 Å². The predicted molar refractivity (Wildman–Crippen MR) is 87.6 cm³/mol. The zero-order valence-corrected chi connectivity index (χ0v) is 13.7. The Morgan fingerprint density at radius 3 is 2.40 bits per heavy atom. The van der Waals surface area contributed by atoms with Crippen LogP contribution in [0.4, 0.5) is 0 Å². The Labute approximate surface area is 127 Å². The van der Waals surface area contributed by atoms with Crippen LogP contribution in [0.1, 0.15) is 32.4 Å². The predicted octanol–water partition coefficient (Wildman–Crippen LogP) is 3.10. The second-order valence-electron chi connectivity index (χ2n) is 5.13. The number of thioether (sulfide) groups is 1. The number of hydrogen-bond donors (Lipinski definition) is 2. The van der Waals surface area contributed by atoms with Crippen molar-refractivity contribution in [1.82, 2.24) is 5.32 Å². The van der Waals surface area contributed by atoms with Crippen molar-refractivity contribution in [2.24, 2.45) is 5.92 Å². The molecule has 0 heterocycles. The van der Waals surface area contributed by atoms with Crippen molar-refractivity contribution in [2.45, 2.75) is 32.1 Å². The van der Waals surface area contributed by atoms with Crippen LogP contribution in [-0.4, -0.2) is 36.4 Å². The fourth-order valence-corrected chi connectivity index (χ4v) is 3.23. The summed E-state index contributed by atoms with van der Waals surface area (Å²) in [6, 6.07) is 8.58. The van der Waals surface area contributed by atoms with Gasteiger partial charge in [-0.25, -0.2) is 0 Å². The van der Waals surface area contributed by atoms with Crippen molar-refractivity contribution in [3.05, 3.63) is 29.8 Å². The molecule has 0 aromatic heterocycles. The Morgan fingerprint density at radius 2 is 1.90 bits per heavy atom. The molecule has 0 saturated carbocycles. The lowest BCUT2D eigenvalue weighted by Gasteiger charge is -2.26. The van der Waals surface area contributed by atoms with Crippen molar-refractivity contribution in [1.29, 1.82) is 0 Å². The summed E-state index contributed by atoms with van der Waals surface area (Å²) in [5, 5.41) is 13.1. The molecule has 3 atom stereocenters. The van der Waals surface area contributed by atoms with E-state index >= 15 is 0 Å². The smallest absolute Gasteiger partial charge is 0.118 e. The van der Waals surface area contributed by atoms with Gasteiger partial charge in [0.1, 0.15) is 5.75 Å². The number of ether oxygens (including phenoxy) is 1. The molecule has 1 rings (SSSR count). The molecule has 0 spiro atoms. The molecule has 0 bridgehead atoms. The molecule has 4 heteroatoms. The third-order valence-corrected chi connectivity index (χ3v) is 4.88. The largest absolute Gasteiger partial charge is 0.497 e. The molecule has 114 valence electrons. The highest BCUT2D eigenvalue weighted by Crippen LogP contribution is 2.28. The maximum atomic E-state index is 9.12. The molecule has 1 aromatic carbocycles. The fraction of sp³-hybridized carbons (Fsp3) is 0.625. The Bertz CT molecular complexity index is 369. The first-order chi connectivity index (χ1) is 9.62. The van der Waals surface area contributed by atoms with Crippen molar-refractivity contribution < 1.29 is 9.84 Å². The maximum absolute atomic E-state index is 9.12. The summed E-state index contributed by atoms with van der Waals surface area (Å²) in [6.07, 6.45) is 0. The van der Waals surface area contributed by atoms with Gasteiger partial charge in [-0.05, 0) is 35.9 Å². The average Bonchev–Trinajstić information content (AvgIpc) is 2.50. The van der Waals surface area contributed by atoms with Crippen molar-refractivity contribution in [2.75, 3.05) is 26.0 Å². The standard InChI is InChI=1S/C16H27NO2S/c1-5-17-16(13(3)20-11-12(2)10-18)14-6-8-15(19-4)9-7-14/h6-9,12-13,16-18H,5,10-11H2,1-4H3. The van der Waals surface area contributed by atoms with Crippen LogP contribution in [0.15, 0.2) is 24.3 Å². The second-order valence-corrected chi connectivity index (χ2v) is 6.54. The number of nitrogens with one attached hydrogen (secondary N) is 1. The second kappa shape index (κ2) is 9.27. The molecule has 0 saturated heterocycles. The third kappa shape index (κ3) is 5.35. The van der Waals surface area contributed by atoms with E-state index in [4.69, 9.17) is 9.84 Å². The van der Waals surface area contributed by atoms with Gasteiger partial charge in [0.15, 0.2) is 0 Å². The van der Waals surface area contributed by atoms with E-state index in [0.29, 0.717) is 17.2 Å². The van der Waals surface area contributed by atoms with E-state index < -0.39 is 0 Å². The first kappa shape index (κ1) is 17.3. The monoisotopic (exact) mass is 297 g/mol. The molecule has 0 amide bonds. The SMILES string of the molecule is CCNC(c1ccc(OC)cc1)C(C)SCC(C)CO. The Balaban J connectivity index is 2.70. The normalized spacial score (nSPS) is 15.7. The zero-order chi connectivity index (χ0) is 15.0. The van der Waals surface area contributed by atoms with Gasteiger partial charge in [-0.3, -0.25) is 0 Å². The molecule has 0 radical (unpaired) electrons. The first-order valence-electron chi connectivity index (χ1n) is 7.22. The lowest BCUT2D eigenvalue weighted by molar-refractivity contribution is 0.250. The molecular weight excluding hydrogens is 270 g/mol. The fourth-order valence-electron chi connectivity index (χ4n) is 2.05. The van der Waals surface area contributed by atoms with Crippen LogP contribution in [0.25, 0.3) is 0 Å². The van der Waals surface area contributed by atoms with Gasteiger partial charge in [-0.1, -0.05) is 32.9 Å². The van der Waals surface area contributed by atoms with Crippen molar-refractivity contribution >= 4 is 11.8 Å². The van der Waals surface area contributed by atoms with Crippen molar-refractivity contribution in [3.8, 4) is 5.75 Å². The summed E-state index contributed by atoms with van der Waals surface area (Å²) in [6.45, 7) is 7.65. The van der Waals surface area contributed by atoms with Gasteiger partial charge >= 0.3 is 0 Å². The van der Waals surface area contributed by atoms with Gasteiger partial charge in [0, 0.05) is 17.9 Å². The quantitative estimate of drug-likeness (QED) is 0.735. The number of benzene rings is 1. The highest BCUT2D eigenvalue weighted by atomic mass is 32.2. The number of aliphatic hydroxyl groups is 1. The zero-order valence-electron chi connectivity index (χ0n) is 12.9. The molecule has 0 aliphatic rings. The van der Waals surface area contributed by atoms with Gasteiger partial charge in [0.25, 0.3) is 0 Å². The van der Waals surface area contributed by atoms with Gasteiger partial charge in [0.05, 0.1) is 7.11 Å². The van der Waals surface area contributed by atoms with Crippen LogP contribution in [-0.2, 0) is 0 Å². The highest BCUT2D eigenvalue weighted by molar-refractivity contribution is 7.99. The van der Waals surface area contributed by atoms with E-state index in [1.54, 1.807) is 7.11 Å². The highest BCUT2D eigenvalue weighted by Gasteiger charge is 2.19. The summed E-state index contributed by atoms with van der Waals surface area (Å²) < 4.78 is 5.21. The minimum Gasteiger partial charge on any atom is -0.497 e. The Hall–Kier alpha value is -0.710. The molecular formula is C16H27NO2S. The molecule has 3 unspecified atom stereocenters. The first-order valence-corrected chi connectivity index (χ1v) is 8.27. The van der Waals surface area contributed by atoms with Crippen LogP contribution in [0.2, 0.25) is 0 Å². The van der Waals surface area contributed by atoms with Gasteiger partial charge < -0.3 is 15.2 Å². The molecule has 0 aliphatic heterocycles. The number of aliphatic hydroxyl groups excluding tert-OH is 1. The lowest BCUT2D eigenvalue weighted by atomic mass is 10.0. The molecule has 2 N–H and O–H groups in total. The van der Waals surface area contributed by atoms with E-state index in [1.807, 2.05) is 23.9 Å². The molecule has 3 nitrogen and oxygen atoms in total. The lowest BCUT2D eigenvalue weighted by Crippen LogP contribution is -2.29. The molecule has 0 fully saturated rings. The molecule has 20 heavy (non-hydrogen) atoms. The van der Waals surface area contributed by atoms with Gasteiger partial charge in [-0.2, -0.15) is 11.8 Å². The summed E-state index contributed by atoms with van der Waals surface area (Å²) in [7, 11) is 1.69. The number of methoxy groups -OCH3 is 1. The van der Waals surface area contributed by atoms with E-state index in [0.717, 1.165) is 18.0 Å². The minimum absolute atomic E-state index is 0.258. The third-order valence-electron chi connectivity index (χ3n) is 3.32. The van der Waals surface area contributed by atoms with Crippen LogP contribution in [0.5, 0.6) is 5.75 Å². The van der Waals surface area contributed by atoms with Crippen LogP contribution in [0, 0.1) is 5.92 Å². The summed E-state index contributed by atoms with van der Waals surface area (Å²) in [4.78, 5) is 0. The number of rotatable bonds is 9. The summed E-state index contributed by atoms with van der Waals surface area (Å²) in [5.41, 5.74) is 1.28. The van der Waals surface area contributed by atoms with Crippen LogP contribution in [0.3, 0.4) is 0 Å². The van der Waals surface area contributed by atoms with Crippen molar-refractivity contribution in [3.63, 3.8) is 0 Å². The minimum atomic E-state index is 0.258. The van der Waals surface area contributed by atoms with Crippen LogP contribution >= 0.6 is 11.8 Å². The van der Waals surface area contributed by atoms with E-state index in [9.17, 15) is 0 Å². The topological polar surface area (TPSA) is 41.5 Å². The average molecular weight is 297 g/mol. The maximum Gasteiger partial charge on any atom is 0.118 e.